The number of rotatable bonds is 7. The van der Waals surface area contributed by atoms with Crippen LogP contribution in [0.15, 0.2) is 24.3 Å². The Hall–Kier alpha value is -1.75. The van der Waals surface area contributed by atoms with E-state index in [0.29, 0.717) is 12.1 Å². The molecule has 3 aliphatic carbocycles. The second kappa shape index (κ2) is 8.09. The minimum Gasteiger partial charge on any atom is -0.497 e. The summed E-state index contributed by atoms with van der Waals surface area (Å²) in [7, 11) is 1.67. The molecule has 3 aliphatic rings. The van der Waals surface area contributed by atoms with Gasteiger partial charge in [-0.1, -0.05) is 25.7 Å². The standard InChI is InChI=1S/C22H33N3O2/c1-27-18-10-8-17(9-11-18)25-22(14-4-5-15-22)21(26)24-20-13-12-19(20)23-16-6-2-3-7-16/h8-11,16,19-20,23,25H,2-7,12-15H2,1H3,(H,24,26)/t19-,20+/m0/s1. The Kier molecular flexibility index (Phi) is 5.58. The van der Waals surface area contributed by atoms with Crippen LogP contribution in [0, 0.1) is 0 Å². The SMILES string of the molecule is COc1ccc(NC2(C(=O)N[C@@H]3CC[C@@H]3NC3CCCC3)CCCC2)cc1. The topological polar surface area (TPSA) is 62.4 Å². The molecule has 5 heteroatoms. The molecule has 0 radical (unpaired) electrons. The Morgan fingerprint density at radius 2 is 1.63 bits per heavy atom. The van der Waals surface area contributed by atoms with Gasteiger partial charge in [-0.25, -0.2) is 0 Å². The van der Waals surface area contributed by atoms with Gasteiger partial charge in [-0.3, -0.25) is 4.79 Å². The van der Waals surface area contributed by atoms with Crippen molar-refractivity contribution in [3.8, 4) is 5.75 Å². The molecule has 0 bridgehead atoms. The molecule has 0 unspecified atom stereocenters. The predicted molar refractivity (Wildman–Crippen MR) is 108 cm³/mol. The van der Waals surface area contributed by atoms with Gasteiger partial charge in [-0.2, -0.15) is 0 Å². The fraction of sp³-hybridized carbons (Fsp3) is 0.682. The molecule has 0 aliphatic heterocycles. The smallest absolute Gasteiger partial charge is 0.245 e. The molecule has 148 valence electrons. The molecule has 5 nitrogen and oxygen atoms in total. The number of carbonyl (C=O) groups excluding carboxylic acids is 1. The van der Waals surface area contributed by atoms with Crippen molar-refractivity contribution in [3.05, 3.63) is 24.3 Å². The average molecular weight is 372 g/mol. The van der Waals surface area contributed by atoms with E-state index in [0.717, 1.165) is 43.5 Å². The molecular formula is C22H33N3O2. The number of carbonyl (C=O) groups is 1. The molecule has 27 heavy (non-hydrogen) atoms. The number of benzene rings is 1. The molecule has 0 saturated heterocycles. The van der Waals surface area contributed by atoms with Crippen LogP contribution < -0.4 is 20.7 Å². The summed E-state index contributed by atoms with van der Waals surface area (Å²) in [6.07, 6.45) is 11.6. The van der Waals surface area contributed by atoms with Crippen molar-refractivity contribution in [2.24, 2.45) is 0 Å². The van der Waals surface area contributed by atoms with E-state index in [1.54, 1.807) is 7.11 Å². The molecule has 1 aromatic carbocycles. The summed E-state index contributed by atoms with van der Waals surface area (Å²) < 4.78 is 5.24. The summed E-state index contributed by atoms with van der Waals surface area (Å²) in [5, 5.41) is 10.7. The van der Waals surface area contributed by atoms with Gasteiger partial charge in [0.2, 0.25) is 5.91 Å². The Labute approximate surface area is 162 Å². The number of ether oxygens (including phenoxy) is 1. The number of anilines is 1. The second-order valence-corrected chi connectivity index (χ2v) is 8.55. The number of nitrogens with one attached hydrogen (secondary N) is 3. The van der Waals surface area contributed by atoms with Crippen LogP contribution in [-0.2, 0) is 4.79 Å². The first kappa shape index (κ1) is 18.6. The van der Waals surface area contributed by atoms with Gasteiger partial charge in [-0.05, 0) is 62.8 Å². The van der Waals surface area contributed by atoms with Crippen molar-refractivity contribution in [3.63, 3.8) is 0 Å². The lowest BCUT2D eigenvalue weighted by molar-refractivity contribution is -0.127. The molecule has 1 amide bonds. The molecule has 4 rings (SSSR count). The minimum atomic E-state index is -0.470. The molecule has 0 spiro atoms. The third-order valence-electron chi connectivity index (χ3n) is 6.76. The van der Waals surface area contributed by atoms with E-state index >= 15 is 0 Å². The summed E-state index contributed by atoms with van der Waals surface area (Å²) in [6.45, 7) is 0. The van der Waals surface area contributed by atoms with E-state index in [1.165, 1.54) is 32.1 Å². The van der Waals surface area contributed by atoms with Crippen molar-refractivity contribution in [2.45, 2.75) is 87.9 Å². The number of methoxy groups -OCH3 is 1. The molecule has 3 saturated carbocycles. The highest BCUT2D eigenvalue weighted by Crippen LogP contribution is 2.35. The Morgan fingerprint density at radius 3 is 2.22 bits per heavy atom. The molecular weight excluding hydrogens is 338 g/mol. The van der Waals surface area contributed by atoms with Crippen LogP contribution in [-0.4, -0.2) is 36.7 Å². The molecule has 0 heterocycles. The minimum absolute atomic E-state index is 0.179. The van der Waals surface area contributed by atoms with Crippen LogP contribution in [0.3, 0.4) is 0 Å². The van der Waals surface area contributed by atoms with Crippen LogP contribution >= 0.6 is 0 Å². The zero-order valence-corrected chi connectivity index (χ0v) is 16.4. The molecule has 1 aromatic rings. The molecule has 0 aromatic heterocycles. The van der Waals surface area contributed by atoms with Crippen molar-refractivity contribution >= 4 is 11.6 Å². The second-order valence-electron chi connectivity index (χ2n) is 8.55. The maximum absolute atomic E-state index is 13.3. The van der Waals surface area contributed by atoms with Crippen LogP contribution in [0.2, 0.25) is 0 Å². The fourth-order valence-corrected chi connectivity index (χ4v) is 4.91. The first-order chi connectivity index (χ1) is 13.2. The summed E-state index contributed by atoms with van der Waals surface area (Å²) in [5.74, 6) is 1.01. The van der Waals surface area contributed by atoms with E-state index in [9.17, 15) is 4.79 Å². The van der Waals surface area contributed by atoms with Crippen LogP contribution in [0.4, 0.5) is 5.69 Å². The zero-order chi connectivity index (χ0) is 18.7. The van der Waals surface area contributed by atoms with E-state index in [4.69, 9.17) is 4.74 Å². The van der Waals surface area contributed by atoms with Gasteiger partial charge >= 0.3 is 0 Å². The molecule has 2 atom stereocenters. The van der Waals surface area contributed by atoms with E-state index < -0.39 is 5.54 Å². The summed E-state index contributed by atoms with van der Waals surface area (Å²) in [6, 6.07) is 9.28. The summed E-state index contributed by atoms with van der Waals surface area (Å²) in [5.41, 5.74) is 0.518. The van der Waals surface area contributed by atoms with Gasteiger partial charge in [0.05, 0.1) is 7.11 Å². The van der Waals surface area contributed by atoms with Crippen molar-refractivity contribution < 1.29 is 9.53 Å². The average Bonchev–Trinajstić information content (AvgIpc) is 3.36. The van der Waals surface area contributed by atoms with E-state index in [-0.39, 0.29) is 11.9 Å². The quantitative estimate of drug-likeness (QED) is 0.685. The summed E-state index contributed by atoms with van der Waals surface area (Å²) in [4.78, 5) is 13.3. The van der Waals surface area contributed by atoms with Crippen molar-refractivity contribution in [2.75, 3.05) is 12.4 Å². The van der Waals surface area contributed by atoms with Gasteiger partial charge in [0.1, 0.15) is 11.3 Å². The third-order valence-corrected chi connectivity index (χ3v) is 6.76. The third kappa shape index (κ3) is 4.08. The zero-order valence-electron chi connectivity index (χ0n) is 16.4. The number of hydrogen-bond acceptors (Lipinski definition) is 4. The first-order valence-corrected chi connectivity index (χ1v) is 10.7. The van der Waals surface area contributed by atoms with Crippen molar-refractivity contribution in [1.29, 1.82) is 0 Å². The Bertz CT molecular complexity index is 633. The normalized spacial score (nSPS) is 27.1. The van der Waals surface area contributed by atoms with Gasteiger partial charge in [0.15, 0.2) is 0 Å². The summed E-state index contributed by atoms with van der Waals surface area (Å²) >= 11 is 0. The lowest BCUT2D eigenvalue weighted by Gasteiger charge is -2.42. The largest absolute Gasteiger partial charge is 0.497 e. The lowest BCUT2D eigenvalue weighted by Crippen LogP contribution is -2.62. The van der Waals surface area contributed by atoms with Gasteiger partial charge in [0.25, 0.3) is 0 Å². The van der Waals surface area contributed by atoms with Crippen LogP contribution in [0.1, 0.15) is 64.2 Å². The van der Waals surface area contributed by atoms with Crippen LogP contribution in [0.25, 0.3) is 0 Å². The van der Waals surface area contributed by atoms with Crippen molar-refractivity contribution in [1.82, 2.24) is 10.6 Å². The first-order valence-electron chi connectivity index (χ1n) is 10.7. The highest BCUT2D eigenvalue weighted by molar-refractivity contribution is 5.90. The van der Waals surface area contributed by atoms with Gasteiger partial charge in [-0.15, -0.1) is 0 Å². The number of hydrogen-bond donors (Lipinski definition) is 3. The van der Waals surface area contributed by atoms with Gasteiger partial charge < -0.3 is 20.7 Å². The maximum atomic E-state index is 13.3. The van der Waals surface area contributed by atoms with E-state index in [2.05, 4.69) is 16.0 Å². The van der Waals surface area contributed by atoms with Gasteiger partial charge in [0, 0.05) is 23.8 Å². The maximum Gasteiger partial charge on any atom is 0.245 e. The highest BCUT2D eigenvalue weighted by atomic mass is 16.5. The molecule has 3 N–H and O–H groups in total. The lowest BCUT2D eigenvalue weighted by atomic mass is 9.84. The highest BCUT2D eigenvalue weighted by Gasteiger charge is 2.44. The predicted octanol–water partition coefficient (Wildman–Crippen LogP) is 3.60. The van der Waals surface area contributed by atoms with E-state index in [1.807, 2.05) is 24.3 Å². The Balaban J connectivity index is 1.38. The van der Waals surface area contributed by atoms with Crippen LogP contribution in [0.5, 0.6) is 5.75 Å². The Morgan fingerprint density at radius 1 is 0.963 bits per heavy atom. The molecule has 3 fully saturated rings. The fourth-order valence-electron chi connectivity index (χ4n) is 4.91. The number of amides is 1. The monoisotopic (exact) mass is 371 g/mol.